The SMILES string of the molecule is CNC1(C(N)=O)CCCC1CCN(C)c1ccccc1C. The third-order valence-electron chi connectivity index (χ3n) is 5.05. The maximum absolute atomic E-state index is 11.9. The summed E-state index contributed by atoms with van der Waals surface area (Å²) in [5.41, 5.74) is 7.69. The van der Waals surface area contributed by atoms with Crippen molar-refractivity contribution >= 4 is 11.6 Å². The molecule has 3 N–H and O–H groups in total. The van der Waals surface area contributed by atoms with Crippen molar-refractivity contribution in [2.45, 2.75) is 38.1 Å². The van der Waals surface area contributed by atoms with Crippen molar-refractivity contribution in [3.63, 3.8) is 0 Å². The Bertz CT molecular complexity index is 503. The van der Waals surface area contributed by atoms with Crippen LogP contribution in [0.25, 0.3) is 0 Å². The fourth-order valence-electron chi connectivity index (χ4n) is 3.71. The molecule has 1 aliphatic carbocycles. The van der Waals surface area contributed by atoms with Crippen LogP contribution >= 0.6 is 0 Å². The van der Waals surface area contributed by atoms with Gasteiger partial charge in [-0.15, -0.1) is 0 Å². The van der Waals surface area contributed by atoms with Crippen LogP contribution in [0.3, 0.4) is 0 Å². The second kappa shape index (κ2) is 6.48. The molecule has 4 heteroatoms. The molecule has 1 aromatic rings. The maximum atomic E-state index is 11.9. The summed E-state index contributed by atoms with van der Waals surface area (Å²) >= 11 is 0. The van der Waals surface area contributed by atoms with Crippen LogP contribution in [0, 0.1) is 12.8 Å². The van der Waals surface area contributed by atoms with Gasteiger partial charge in [0.1, 0.15) is 5.54 Å². The number of primary amides is 1. The Kier molecular flexibility index (Phi) is 4.88. The third-order valence-corrected chi connectivity index (χ3v) is 5.05. The van der Waals surface area contributed by atoms with Crippen LogP contribution in [-0.2, 0) is 4.79 Å². The van der Waals surface area contributed by atoms with Crippen LogP contribution < -0.4 is 16.0 Å². The van der Waals surface area contributed by atoms with Crippen LogP contribution in [0.1, 0.15) is 31.2 Å². The van der Waals surface area contributed by atoms with E-state index in [1.54, 1.807) is 0 Å². The molecule has 1 fully saturated rings. The van der Waals surface area contributed by atoms with Gasteiger partial charge in [-0.05, 0) is 50.8 Å². The molecule has 1 amide bonds. The summed E-state index contributed by atoms with van der Waals surface area (Å²) in [7, 11) is 3.97. The van der Waals surface area contributed by atoms with E-state index >= 15 is 0 Å². The average Bonchev–Trinajstić information content (AvgIpc) is 2.89. The molecule has 21 heavy (non-hydrogen) atoms. The summed E-state index contributed by atoms with van der Waals surface area (Å²) in [5, 5.41) is 3.21. The standard InChI is InChI=1S/C17H27N3O/c1-13-7-4-5-9-15(13)20(3)12-10-14-8-6-11-17(14,19-2)16(18)21/h4-5,7,9,14,19H,6,8,10-12H2,1-3H3,(H2,18,21). The van der Waals surface area contributed by atoms with Gasteiger partial charge in [0.05, 0.1) is 0 Å². The van der Waals surface area contributed by atoms with Crippen LogP contribution in [0.2, 0.25) is 0 Å². The zero-order valence-electron chi connectivity index (χ0n) is 13.4. The van der Waals surface area contributed by atoms with E-state index in [1.165, 1.54) is 11.3 Å². The number of anilines is 1. The Morgan fingerprint density at radius 3 is 2.81 bits per heavy atom. The number of para-hydroxylation sites is 1. The number of hydrogen-bond acceptors (Lipinski definition) is 3. The first-order chi connectivity index (χ1) is 10.0. The lowest BCUT2D eigenvalue weighted by molar-refractivity contribution is -0.125. The van der Waals surface area contributed by atoms with Crippen molar-refractivity contribution in [1.29, 1.82) is 0 Å². The molecule has 0 bridgehead atoms. The highest BCUT2D eigenvalue weighted by atomic mass is 16.1. The molecule has 0 aromatic heterocycles. The van der Waals surface area contributed by atoms with Gasteiger partial charge in [-0.1, -0.05) is 24.6 Å². The number of nitrogens with two attached hydrogens (primary N) is 1. The molecule has 2 unspecified atom stereocenters. The third kappa shape index (κ3) is 3.05. The first kappa shape index (κ1) is 15.8. The Morgan fingerprint density at radius 2 is 2.19 bits per heavy atom. The Balaban J connectivity index is 2.02. The normalized spacial score (nSPS) is 25.0. The second-order valence-electron chi connectivity index (χ2n) is 6.17. The topological polar surface area (TPSA) is 58.4 Å². The van der Waals surface area contributed by atoms with Gasteiger partial charge in [0.25, 0.3) is 0 Å². The number of carbonyl (C=O) groups excluding carboxylic acids is 1. The van der Waals surface area contributed by atoms with E-state index in [0.717, 1.165) is 32.2 Å². The number of benzene rings is 1. The van der Waals surface area contributed by atoms with Gasteiger partial charge in [0.2, 0.25) is 5.91 Å². The molecule has 0 radical (unpaired) electrons. The summed E-state index contributed by atoms with van der Waals surface area (Å²) in [5.74, 6) is 0.123. The van der Waals surface area contributed by atoms with Gasteiger partial charge in [-0.2, -0.15) is 0 Å². The van der Waals surface area contributed by atoms with Crippen LogP contribution in [0.5, 0.6) is 0 Å². The van der Waals surface area contributed by atoms with Crippen LogP contribution in [0.4, 0.5) is 5.69 Å². The van der Waals surface area contributed by atoms with Crippen molar-refractivity contribution in [2.24, 2.45) is 11.7 Å². The summed E-state index contributed by atoms with van der Waals surface area (Å²) in [6.07, 6.45) is 3.99. The lowest BCUT2D eigenvalue weighted by atomic mass is 9.84. The molecule has 116 valence electrons. The minimum Gasteiger partial charge on any atom is -0.374 e. The molecule has 2 atom stereocenters. The van der Waals surface area contributed by atoms with Crippen LogP contribution in [0.15, 0.2) is 24.3 Å². The number of amides is 1. The number of nitrogens with one attached hydrogen (secondary N) is 1. The van der Waals surface area contributed by atoms with Crippen LogP contribution in [-0.4, -0.2) is 32.1 Å². The minimum absolute atomic E-state index is 0.203. The first-order valence-electron chi connectivity index (χ1n) is 7.77. The maximum Gasteiger partial charge on any atom is 0.238 e. The Hall–Kier alpha value is -1.55. The Labute approximate surface area is 127 Å². The smallest absolute Gasteiger partial charge is 0.238 e. The molecule has 0 saturated heterocycles. The first-order valence-corrected chi connectivity index (χ1v) is 7.77. The molecule has 1 aromatic carbocycles. The summed E-state index contributed by atoms with van der Waals surface area (Å²) in [6, 6.07) is 8.39. The summed E-state index contributed by atoms with van der Waals surface area (Å²) in [4.78, 5) is 14.2. The molecule has 0 heterocycles. The van der Waals surface area contributed by atoms with Gasteiger partial charge in [-0.25, -0.2) is 0 Å². The number of likely N-dealkylation sites (N-methyl/N-ethyl adjacent to an activating group) is 1. The molecular formula is C17H27N3O. The summed E-state index contributed by atoms with van der Waals surface area (Å²) in [6.45, 7) is 3.06. The predicted octanol–water partition coefficient (Wildman–Crippen LogP) is 2.06. The highest BCUT2D eigenvalue weighted by Crippen LogP contribution is 2.38. The van der Waals surface area contributed by atoms with E-state index in [0.29, 0.717) is 5.92 Å². The average molecular weight is 289 g/mol. The van der Waals surface area contributed by atoms with E-state index in [-0.39, 0.29) is 5.91 Å². The fraction of sp³-hybridized carbons (Fsp3) is 0.588. The van der Waals surface area contributed by atoms with Gasteiger partial charge < -0.3 is 16.0 Å². The lowest BCUT2D eigenvalue weighted by Crippen LogP contribution is -2.56. The van der Waals surface area contributed by atoms with Crippen molar-refractivity contribution in [1.82, 2.24) is 5.32 Å². The molecule has 2 rings (SSSR count). The number of rotatable bonds is 6. The fourth-order valence-corrected chi connectivity index (χ4v) is 3.71. The zero-order chi connectivity index (χ0) is 15.5. The molecule has 0 aliphatic heterocycles. The Morgan fingerprint density at radius 1 is 1.48 bits per heavy atom. The quantitative estimate of drug-likeness (QED) is 0.843. The molecular weight excluding hydrogens is 262 g/mol. The molecule has 1 aliphatic rings. The van der Waals surface area contributed by atoms with Gasteiger partial charge in [0, 0.05) is 19.3 Å². The van der Waals surface area contributed by atoms with E-state index < -0.39 is 5.54 Å². The largest absolute Gasteiger partial charge is 0.374 e. The van der Waals surface area contributed by atoms with E-state index in [9.17, 15) is 4.79 Å². The van der Waals surface area contributed by atoms with Crippen molar-refractivity contribution in [3.8, 4) is 0 Å². The number of aryl methyl sites for hydroxylation is 1. The minimum atomic E-state index is -0.507. The van der Waals surface area contributed by atoms with Crippen molar-refractivity contribution in [3.05, 3.63) is 29.8 Å². The van der Waals surface area contributed by atoms with E-state index in [2.05, 4.69) is 48.5 Å². The lowest BCUT2D eigenvalue weighted by Gasteiger charge is -2.33. The predicted molar refractivity (Wildman–Crippen MR) is 87.4 cm³/mol. The van der Waals surface area contributed by atoms with Gasteiger partial charge >= 0.3 is 0 Å². The number of carbonyl (C=O) groups is 1. The van der Waals surface area contributed by atoms with E-state index in [4.69, 9.17) is 5.73 Å². The zero-order valence-corrected chi connectivity index (χ0v) is 13.4. The van der Waals surface area contributed by atoms with Crippen molar-refractivity contribution < 1.29 is 4.79 Å². The van der Waals surface area contributed by atoms with Gasteiger partial charge in [-0.3, -0.25) is 4.79 Å². The van der Waals surface area contributed by atoms with Crippen molar-refractivity contribution in [2.75, 3.05) is 25.5 Å². The molecule has 1 saturated carbocycles. The number of hydrogen-bond donors (Lipinski definition) is 2. The molecule has 4 nitrogen and oxygen atoms in total. The summed E-state index contributed by atoms with van der Waals surface area (Å²) < 4.78 is 0. The van der Waals surface area contributed by atoms with Gasteiger partial charge in [0.15, 0.2) is 0 Å². The van der Waals surface area contributed by atoms with E-state index in [1.807, 2.05) is 7.05 Å². The highest BCUT2D eigenvalue weighted by Gasteiger charge is 2.46. The highest BCUT2D eigenvalue weighted by molar-refractivity contribution is 5.85. The molecule has 0 spiro atoms. The number of nitrogens with zero attached hydrogens (tertiary/aromatic N) is 1. The second-order valence-corrected chi connectivity index (χ2v) is 6.17. The monoisotopic (exact) mass is 289 g/mol.